The first-order valence-corrected chi connectivity index (χ1v) is 7.34. The van der Waals surface area contributed by atoms with Gasteiger partial charge < -0.3 is 10.6 Å². The second-order valence-electron chi connectivity index (χ2n) is 4.26. The molecule has 2 rings (SSSR count). The van der Waals surface area contributed by atoms with Crippen LogP contribution in [-0.2, 0) is 6.54 Å². The monoisotopic (exact) mass is 293 g/mol. The lowest BCUT2D eigenvalue weighted by atomic mass is 10.2. The summed E-state index contributed by atoms with van der Waals surface area (Å²) in [6.45, 7) is 2.98. The number of pyridine rings is 1. The van der Waals surface area contributed by atoms with Crippen molar-refractivity contribution in [1.29, 1.82) is 0 Å². The molecule has 1 amide bonds. The maximum Gasteiger partial charge on any atom is 0.254 e. The Morgan fingerprint density at radius 2 is 2.30 bits per heavy atom. The first-order chi connectivity index (χ1) is 9.72. The van der Waals surface area contributed by atoms with Crippen LogP contribution in [0.3, 0.4) is 0 Å². The average molecular weight is 293 g/mol. The molecular formula is C14H16FN3OS. The number of nitrogens with zero attached hydrogens (tertiary/aromatic N) is 1. The number of thiophene rings is 1. The minimum Gasteiger partial charge on any atom is -0.368 e. The van der Waals surface area contributed by atoms with Gasteiger partial charge in [0.2, 0.25) is 0 Å². The van der Waals surface area contributed by atoms with Crippen LogP contribution in [0.25, 0.3) is 0 Å². The second kappa shape index (κ2) is 7.00. The molecule has 0 atom stereocenters. The van der Waals surface area contributed by atoms with Gasteiger partial charge in [-0.05, 0) is 34.9 Å². The minimum atomic E-state index is -0.608. The summed E-state index contributed by atoms with van der Waals surface area (Å²) in [5, 5.41) is 9.43. The molecule has 0 aliphatic carbocycles. The number of aromatic nitrogens is 1. The first kappa shape index (κ1) is 14.5. The van der Waals surface area contributed by atoms with Gasteiger partial charge in [-0.2, -0.15) is 11.3 Å². The van der Waals surface area contributed by atoms with Crippen LogP contribution in [0.5, 0.6) is 0 Å². The van der Waals surface area contributed by atoms with E-state index in [-0.39, 0.29) is 11.4 Å². The Kier molecular flexibility index (Phi) is 5.06. The summed E-state index contributed by atoms with van der Waals surface area (Å²) in [4.78, 5) is 15.9. The molecule has 4 nitrogen and oxygen atoms in total. The van der Waals surface area contributed by atoms with E-state index in [1.54, 1.807) is 11.3 Å². The molecule has 0 saturated heterocycles. The highest BCUT2D eigenvalue weighted by atomic mass is 32.1. The quantitative estimate of drug-likeness (QED) is 0.860. The summed E-state index contributed by atoms with van der Waals surface area (Å²) in [5.41, 5.74) is 1.01. The molecule has 0 aromatic carbocycles. The largest absolute Gasteiger partial charge is 0.368 e. The number of carbonyl (C=O) groups is 1. The standard InChI is InChI=1S/C14H16FN3OS/c1-2-5-16-13-12(15)11(3-6-17-13)14(19)18-8-10-4-7-20-9-10/h3-4,6-7,9H,2,5,8H2,1H3,(H,16,17)(H,18,19). The van der Waals surface area contributed by atoms with Crippen molar-refractivity contribution >= 4 is 23.1 Å². The molecule has 0 aliphatic rings. The molecule has 0 spiro atoms. The van der Waals surface area contributed by atoms with Gasteiger partial charge in [-0.25, -0.2) is 9.37 Å². The second-order valence-corrected chi connectivity index (χ2v) is 5.04. The van der Waals surface area contributed by atoms with E-state index in [9.17, 15) is 9.18 Å². The smallest absolute Gasteiger partial charge is 0.254 e. The predicted molar refractivity (Wildman–Crippen MR) is 78.5 cm³/mol. The van der Waals surface area contributed by atoms with Crippen LogP contribution in [0.2, 0.25) is 0 Å². The SMILES string of the molecule is CCCNc1nccc(C(=O)NCc2ccsc2)c1F. The van der Waals surface area contributed by atoms with E-state index < -0.39 is 11.7 Å². The Balaban J connectivity index is 2.05. The number of nitrogens with one attached hydrogen (secondary N) is 2. The minimum absolute atomic E-state index is 0.00818. The molecule has 2 aromatic rings. The maximum atomic E-state index is 14.1. The topological polar surface area (TPSA) is 54.0 Å². The zero-order valence-corrected chi connectivity index (χ0v) is 12.0. The summed E-state index contributed by atoms with van der Waals surface area (Å²) in [6.07, 6.45) is 2.29. The molecule has 6 heteroatoms. The highest BCUT2D eigenvalue weighted by molar-refractivity contribution is 7.07. The summed E-state index contributed by atoms with van der Waals surface area (Å²) in [6, 6.07) is 3.30. The Bertz CT molecular complexity index is 572. The van der Waals surface area contributed by atoms with Crippen LogP contribution < -0.4 is 10.6 Å². The molecule has 0 saturated carbocycles. The number of hydrogen-bond acceptors (Lipinski definition) is 4. The van der Waals surface area contributed by atoms with Crippen LogP contribution in [-0.4, -0.2) is 17.4 Å². The number of hydrogen-bond donors (Lipinski definition) is 2. The van der Waals surface area contributed by atoms with Crippen molar-refractivity contribution in [2.75, 3.05) is 11.9 Å². The van der Waals surface area contributed by atoms with E-state index in [1.165, 1.54) is 12.3 Å². The van der Waals surface area contributed by atoms with Crippen LogP contribution in [0.15, 0.2) is 29.1 Å². The van der Waals surface area contributed by atoms with Crippen molar-refractivity contribution in [1.82, 2.24) is 10.3 Å². The number of carbonyl (C=O) groups excluding carboxylic acids is 1. The molecule has 0 aliphatic heterocycles. The first-order valence-electron chi connectivity index (χ1n) is 6.40. The normalized spacial score (nSPS) is 10.3. The van der Waals surface area contributed by atoms with Crippen LogP contribution >= 0.6 is 11.3 Å². The molecule has 20 heavy (non-hydrogen) atoms. The molecular weight excluding hydrogens is 277 g/mol. The van der Waals surface area contributed by atoms with Gasteiger partial charge in [-0.3, -0.25) is 4.79 Å². The van der Waals surface area contributed by atoms with Crippen LogP contribution in [0.1, 0.15) is 29.3 Å². The van der Waals surface area contributed by atoms with E-state index in [0.717, 1.165) is 12.0 Å². The molecule has 106 valence electrons. The molecule has 0 fully saturated rings. The van der Waals surface area contributed by atoms with Gasteiger partial charge in [0.25, 0.3) is 5.91 Å². The van der Waals surface area contributed by atoms with Gasteiger partial charge in [-0.1, -0.05) is 6.92 Å². The molecule has 2 N–H and O–H groups in total. The fourth-order valence-electron chi connectivity index (χ4n) is 1.66. The Morgan fingerprint density at radius 3 is 3.00 bits per heavy atom. The van der Waals surface area contributed by atoms with E-state index in [0.29, 0.717) is 13.1 Å². The summed E-state index contributed by atoms with van der Waals surface area (Å²) >= 11 is 1.56. The third kappa shape index (κ3) is 3.54. The van der Waals surface area contributed by atoms with Gasteiger partial charge in [0, 0.05) is 19.3 Å². The zero-order chi connectivity index (χ0) is 14.4. The summed E-state index contributed by atoms with van der Waals surface area (Å²) in [7, 11) is 0. The molecule has 0 unspecified atom stereocenters. The third-order valence-electron chi connectivity index (χ3n) is 2.71. The van der Waals surface area contributed by atoms with Gasteiger partial charge in [0.1, 0.15) is 0 Å². The summed E-state index contributed by atoms with van der Waals surface area (Å²) in [5.74, 6) is -0.922. The Morgan fingerprint density at radius 1 is 1.45 bits per heavy atom. The lowest BCUT2D eigenvalue weighted by molar-refractivity contribution is 0.0947. The highest BCUT2D eigenvalue weighted by Crippen LogP contribution is 2.15. The van der Waals surface area contributed by atoms with Gasteiger partial charge in [0.05, 0.1) is 5.56 Å². The Labute approximate surface area is 121 Å². The van der Waals surface area contributed by atoms with Crippen molar-refractivity contribution in [3.8, 4) is 0 Å². The molecule has 0 radical (unpaired) electrons. The number of anilines is 1. The van der Waals surface area contributed by atoms with Crippen molar-refractivity contribution in [3.05, 3.63) is 46.0 Å². The lowest BCUT2D eigenvalue weighted by Crippen LogP contribution is -2.24. The molecule has 0 bridgehead atoms. The molecule has 2 aromatic heterocycles. The fraction of sp³-hybridized carbons (Fsp3) is 0.286. The summed E-state index contributed by atoms with van der Waals surface area (Å²) < 4.78 is 14.1. The predicted octanol–water partition coefficient (Wildman–Crippen LogP) is 3.03. The number of amides is 1. The van der Waals surface area contributed by atoms with Crippen molar-refractivity contribution < 1.29 is 9.18 Å². The van der Waals surface area contributed by atoms with Gasteiger partial charge in [0.15, 0.2) is 11.6 Å². The highest BCUT2D eigenvalue weighted by Gasteiger charge is 2.15. The van der Waals surface area contributed by atoms with Crippen molar-refractivity contribution in [2.24, 2.45) is 0 Å². The van der Waals surface area contributed by atoms with Crippen molar-refractivity contribution in [2.45, 2.75) is 19.9 Å². The Hall–Kier alpha value is -1.95. The van der Waals surface area contributed by atoms with E-state index in [1.807, 2.05) is 23.8 Å². The average Bonchev–Trinajstić information content (AvgIpc) is 2.97. The van der Waals surface area contributed by atoms with Crippen molar-refractivity contribution in [3.63, 3.8) is 0 Å². The van der Waals surface area contributed by atoms with E-state index in [4.69, 9.17) is 0 Å². The third-order valence-corrected chi connectivity index (χ3v) is 3.44. The van der Waals surface area contributed by atoms with E-state index in [2.05, 4.69) is 15.6 Å². The van der Waals surface area contributed by atoms with Gasteiger partial charge in [-0.15, -0.1) is 0 Å². The number of rotatable bonds is 6. The fourth-order valence-corrected chi connectivity index (χ4v) is 2.33. The molecule has 2 heterocycles. The maximum absolute atomic E-state index is 14.1. The van der Waals surface area contributed by atoms with Crippen LogP contribution in [0.4, 0.5) is 10.2 Å². The zero-order valence-electron chi connectivity index (χ0n) is 11.1. The number of halogens is 1. The van der Waals surface area contributed by atoms with Gasteiger partial charge >= 0.3 is 0 Å². The lowest BCUT2D eigenvalue weighted by Gasteiger charge is -2.09. The van der Waals surface area contributed by atoms with E-state index >= 15 is 0 Å². The van der Waals surface area contributed by atoms with Crippen LogP contribution in [0, 0.1) is 5.82 Å².